The molecule has 34 heavy (non-hydrogen) atoms. The highest BCUT2D eigenvalue weighted by Crippen LogP contribution is 2.44. The molecule has 1 unspecified atom stereocenters. The van der Waals surface area contributed by atoms with Crippen LogP contribution < -0.4 is 10.1 Å². The number of amides is 1. The van der Waals surface area contributed by atoms with E-state index < -0.39 is 19.2 Å². The maximum absolute atomic E-state index is 13.2. The maximum atomic E-state index is 13.2. The van der Waals surface area contributed by atoms with Gasteiger partial charge in [-0.25, -0.2) is 18.9 Å². The van der Waals surface area contributed by atoms with Gasteiger partial charge in [-0.3, -0.25) is 4.79 Å². The molecule has 0 aromatic carbocycles. The number of hydrogen-bond acceptors (Lipinski definition) is 5. The lowest BCUT2D eigenvalue weighted by atomic mass is 9.89. The monoisotopic (exact) mass is 501 g/mol. The molecular formula is C22H24ClF4N5O2. The van der Waals surface area contributed by atoms with Gasteiger partial charge in [-0.1, -0.05) is 38.4 Å². The highest BCUT2D eigenvalue weighted by molar-refractivity contribution is 6.32. The molecule has 12 heteroatoms. The number of fused-ring (bicyclic) bond motifs is 3. The van der Waals surface area contributed by atoms with E-state index in [0.717, 1.165) is 18.3 Å². The number of nitrogens with zero attached hydrogens (tertiary/aromatic N) is 4. The number of carbonyl (C=O) groups is 1. The van der Waals surface area contributed by atoms with Crippen LogP contribution in [0.4, 0.5) is 23.2 Å². The Morgan fingerprint density at radius 2 is 2.03 bits per heavy atom. The third-order valence-electron chi connectivity index (χ3n) is 4.81. The summed E-state index contributed by atoms with van der Waals surface area (Å²) in [7, 11) is 0. The van der Waals surface area contributed by atoms with Crippen LogP contribution in [0.3, 0.4) is 0 Å². The van der Waals surface area contributed by atoms with Gasteiger partial charge in [0.2, 0.25) is 18.2 Å². The van der Waals surface area contributed by atoms with Crippen molar-refractivity contribution in [2.75, 3.05) is 12.0 Å². The van der Waals surface area contributed by atoms with Gasteiger partial charge < -0.3 is 10.1 Å². The molecule has 4 rings (SSSR count). The summed E-state index contributed by atoms with van der Waals surface area (Å²) in [6, 6.07) is 2.63. The van der Waals surface area contributed by atoms with E-state index in [9.17, 15) is 22.4 Å². The summed E-state index contributed by atoms with van der Waals surface area (Å²) < 4.78 is 52.9. The molecular weight excluding hydrogens is 478 g/mol. The predicted molar refractivity (Wildman–Crippen MR) is 121 cm³/mol. The maximum Gasteiger partial charge on any atom is 0.388 e. The molecule has 7 nitrogen and oxygen atoms in total. The first kappa shape index (κ1) is 27.0. The fraction of sp³-hybridized carbons (Fsp3) is 0.364. The number of hydrogen-bond donors (Lipinski definition) is 1. The van der Waals surface area contributed by atoms with Crippen LogP contribution in [-0.2, 0) is 10.2 Å². The van der Waals surface area contributed by atoms with Crippen LogP contribution >= 0.6 is 11.6 Å². The molecule has 0 saturated heterocycles. The Labute approximate surface area is 198 Å². The van der Waals surface area contributed by atoms with Crippen molar-refractivity contribution in [3.8, 4) is 5.88 Å². The highest BCUT2D eigenvalue weighted by Gasteiger charge is 2.37. The number of aromatic nitrogens is 4. The van der Waals surface area contributed by atoms with Crippen LogP contribution in [0.25, 0.3) is 5.65 Å². The number of allylic oxidation sites excluding steroid dienone is 1. The fourth-order valence-corrected chi connectivity index (χ4v) is 3.88. The SMILES string of the molecule is C=CCF.CC1CC(C)(C)c2c1cnc1cc(F)nn21.O=CNc1cnc(OC(F)F)c(Cl)c1. The molecule has 0 radical (unpaired) electrons. The molecule has 3 aromatic heterocycles. The Hall–Kier alpha value is -3.21. The molecule has 3 heterocycles. The minimum Gasteiger partial charge on any atom is -0.415 e. The summed E-state index contributed by atoms with van der Waals surface area (Å²) in [5, 5.41) is 6.06. The zero-order chi connectivity index (χ0) is 25.5. The normalized spacial score (nSPS) is 15.5. The molecule has 0 bridgehead atoms. The average molecular weight is 502 g/mol. The van der Waals surface area contributed by atoms with E-state index in [1.54, 1.807) is 4.52 Å². The van der Waals surface area contributed by atoms with E-state index in [1.165, 1.54) is 23.8 Å². The van der Waals surface area contributed by atoms with E-state index in [2.05, 4.69) is 52.5 Å². The van der Waals surface area contributed by atoms with E-state index in [0.29, 0.717) is 23.7 Å². The molecule has 0 spiro atoms. The number of nitrogens with one attached hydrogen (secondary N) is 1. The minimum atomic E-state index is -2.98. The smallest absolute Gasteiger partial charge is 0.388 e. The summed E-state index contributed by atoms with van der Waals surface area (Å²) in [5.41, 5.74) is 3.23. The molecule has 1 atom stereocenters. The number of pyridine rings is 1. The Morgan fingerprint density at radius 3 is 2.59 bits per heavy atom. The van der Waals surface area contributed by atoms with Crippen molar-refractivity contribution in [2.45, 2.75) is 45.1 Å². The second-order valence-corrected chi connectivity index (χ2v) is 8.29. The number of halogens is 5. The Balaban J connectivity index is 0.000000210. The number of rotatable bonds is 5. The van der Waals surface area contributed by atoms with Crippen molar-refractivity contribution in [3.05, 3.63) is 59.4 Å². The van der Waals surface area contributed by atoms with Gasteiger partial charge in [0.05, 0.1) is 17.6 Å². The van der Waals surface area contributed by atoms with E-state index in [-0.39, 0.29) is 16.3 Å². The molecule has 0 aliphatic heterocycles. The quantitative estimate of drug-likeness (QED) is 0.275. The van der Waals surface area contributed by atoms with Gasteiger partial charge in [-0.15, -0.1) is 11.7 Å². The predicted octanol–water partition coefficient (Wildman–Crippen LogP) is 5.70. The second kappa shape index (κ2) is 11.8. The largest absolute Gasteiger partial charge is 0.415 e. The van der Waals surface area contributed by atoms with Crippen molar-refractivity contribution >= 4 is 29.3 Å². The lowest BCUT2D eigenvalue weighted by Crippen LogP contribution is -2.17. The molecule has 1 aliphatic rings. The van der Waals surface area contributed by atoms with Crippen molar-refractivity contribution in [3.63, 3.8) is 0 Å². The molecule has 1 N–H and O–H groups in total. The third kappa shape index (κ3) is 6.66. The lowest BCUT2D eigenvalue weighted by Gasteiger charge is -2.19. The lowest BCUT2D eigenvalue weighted by molar-refractivity contribution is -0.105. The molecule has 1 aliphatic carbocycles. The second-order valence-electron chi connectivity index (χ2n) is 7.88. The van der Waals surface area contributed by atoms with Crippen molar-refractivity contribution in [1.82, 2.24) is 19.6 Å². The van der Waals surface area contributed by atoms with Crippen LogP contribution in [0.5, 0.6) is 5.88 Å². The first-order valence-electron chi connectivity index (χ1n) is 10.1. The third-order valence-corrected chi connectivity index (χ3v) is 5.08. The van der Waals surface area contributed by atoms with Crippen LogP contribution in [0, 0.1) is 5.95 Å². The Morgan fingerprint density at radius 1 is 1.35 bits per heavy atom. The molecule has 1 amide bonds. The van der Waals surface area contributed by atoms with E-state index in [4.69, 9.17) is 11.6 Å². The van der Waals surface area contributed by atoms with Gasteiger partial charge in [0.1, 0.15) is 11.7 Å². The number of ether oxygens (including phenoxy) is 1. The van der Waals surface area contributed by atoms with Crippen LogP contribution in [0.2, 0.25) is 5.02 Å². The first-order chi connectivity index (χ1) is 16.0. The van der Waals surface area contributed by atoms with Gasteiger partial charge in [0, 0.05) is 17.7 Å². The fourth-order valence-electron chi connectivity index (χ4n) is 3.67. The number of alkyl halides is 3. The molecule has 3 aromatic rings. The van der Waals surface area contributed by atoms with Gasteiger partial charge in [0.25, 0.3) is 0 Å². The zero-order valence-electron chi connectivity index (χ0n) is 18.7. The summed E-state index contributed by atoms with van der Waals surface area (Å²) in [5.74, 6) is -0.372. The Kier molecular flexibility index (Phi) is 9.36. The minimum absolute atomic E-state index is 0.0361. The van der Waals surface area contributed by atoms with E-state index >= 15 is 0 Å². The zero-order valence-corrected chi connectivity index (χ0v) is 19.5. The summed E-state index contributed by atoms with van der Waals surface area (Å²) in [4.78, 5) is 17.7. The highest BCUT2D eigenvalue weighted by atomic mass is 35.5. The van der Waals surface area contributed by atoms with Crippen molar-refractivity contribution < 1.29 is 27.1 Å². The van der Waals surface area contributed by atoms with Gasteiger partial charge in [-0.2, -0.15) is 13.2 Å². The average Bonchev–Trinajstić information content (AvgIpc) is 3.25. The molecule has 0 fully saturated rings. The van der Waals surface area contributed by atoms with Gasteiger partial charge in [-0.05, 0) is 24.0 Å². The van der Waals surface area contributed by atoms with Crippen molar-refractivity contribution in [1.29, 1.82) is 0 Å². The summed E-state index contributed by atoms with van der Waals surface area (Å²) in [6.07, 6.45) is 5.70. The standard InChI is InChI=1S/C12H14FN3.C7H5ClF2N2O2.C3H5F/c1-7-5-12(2,3)11-8(7)6-14-10-4-9(13)15-16(10)11;8-5-1-4(12-3-13)2-11-6(5)14-7(9)10;1-2-3-4/h4,6-7H,5H2,1-3H3;1-3,7H,(H,12,13);2H,1,3H2. The van der Waals surface area contributed by atoms with Gasteiger partial charge >= 0.3 is 6.61 Å². The number of anilines is 1. The van der Waals surface area contributed by atoms with Crippen LogP contribution in [0.1, 0.15) is 44.4 Å². The summed E-state index contributed by atoms with van der Waals surface area (Å²) >= 11 is 5.53. The van der Waals surface area contributed by atoms with Gasteiger partial charge in [0.15, 0.2) is 5.65 Å². The van der Waals surface area contributed by atoms with Crippen LogP contribution in [-0.4, -0.2) is 39.3 Å². The van der Waals surface area contributed by atoms with Crippen LogP contribution in [0.15, 0.2) is 37.2 Å². The van der Waals surface area contributed by atoms with E-state index in [1.807, 2.05) is 6.20 Å². The summed E-state index contributed by atoms with van der Waals surface area (Å²) in [6.45, 7) is 6.24. The molecule has 0 saturated carbocycles. The Bertz CT molecular complexity index is 1140. The first-order valence-corrected chi connectivity index (χ1v) is 10.4. The topological polar surface area (TPSA) is 81.4 Å². The molecule has 184 valence electrons. The van der Waals surface area contributed by atoms with Crippen molar-refractivity contribution in [2.24, 2.45) is 0 Å². The number of carbonyl (C=O) groups excluding carboxylic acids is 1.